The Kier molecular flexibility index (Phi) is 3.66. The second-order valence-electron chi connectivity index (χ2n) is 3.41. The summed E-state index contributed by atoms with van der Waals surface area (Å²) in [5.74, 6) is 0.00963. The van der Waals surface area contributed by atoms with E-state index < -0.39 is 11.9 Å². The van der Waals surface area contributed by atoms with Gasteiger partial charge in [0.15, 0.2) is 17.7 Å². The Morgan fingerprint density at radius 2 is 2.18 bits per heavy atom. The molecule has 1 heterocycles. The number of rotatable bonds is 4. The van der Waals surface area contributed by atoms with Crippen LogP contribution in [0.5, 0.6) is 5.75 Å². The molecule has 0 bridgehead atoms. The molecular weight excluding hydrogens is 245 g/mol. The summed E-state index contributed by atoms with van der Waals surface area (Å²) in [4.78, 5) is 0. The van der Waals surface area contributed by atoms with Gasteiger partial charge in [0, 0.05) is 6.54 Å². The summed E-state index contributed by atoms with van der Waals surface area (Å²) < 4.78 is 24.2. The van der Waals surface area contributed by atoms with Gasteiger partial charge in [-0.25, -0.2) is 4.39 Å². The smallest absolute Gasteiger partial charge is 0.183 e. The Morgan fingerprint density at radius 1 is 1.35 bits per heavy atom. The zero-order chi connectivity index (χ0) is 12.3. The quantitative estimate of drug-likeness (QED) is 0.913. The number of nitrogens with two attached hydrogens (primary N) is 1. The van der Waals surface area contributed by atoms with Crippen molar-refractivity contribution in [3.8, 4) is 5.75 Å². The topological polar surface area (TPSA) is 48.4 Å². The van der Waals surface area contributed by atoms with Crippen molar-refractivity contribution in [1.29, 1.82) is 0 Å². The largest absolute Gasteiger partial charge is 0.478 e. The van der Waals surface area contributed by atoms with Gasteiger partial charge in [-0.1, -0.05) is 17.7 Å². The van der Waals surface area contributed by atoms with Gasteiger partial charge in [0.1, 0.15) is 5.76 Å². The lowest BCUT2D eigenvalue weighted by Crippen LogP contribution is -2.18. The predicted octanol–water partition coefficient (Wildman–Crippen LogP) is 3.15. The van der Waals surface area contributed by atoms with E-state index in [1.807, 2.05) is 0 Å². The molecule has 2 aromatic rings. The summed E-state index contributed by atoms with van der Waals surface area (Å²) in [6.45, 7) is 0.180. The van der Waals surface area contributed by atoms with E-state index in [-0.39, 0.29) is 17.3 Å². The summed E-state index contributed by atoms with van der Waals surface area (Å²) in [6, 6.07) is 7.99. The van der Waals surface area contributed by atoms with E-state index in [0.717, 1.165) is 0 Å². The Labute approximate surface area is 103 Å². The van der Waals surface area contributed by atoms with Crippen LogP contribution in [-0.4, -0.2) is 6.54 Å². The van der Waals surface area contributed by atoms with Crippen molar-refractivity contribution >= 4 is 11.6 Å². The predicted molar refractivity (Wildman–Crippen MR) is 62.5 cm³/mol. The molecule has 0 spiro atoms. The summed E-state index contributed by atoms with van der Waals surface area (Å²) in [5, 5.41) is 0.0118. The maximum atomic E-state index is 13.6. The van der Waals surface area contributed by atoms with E-state index in [1.54, 1.807) is 18.2 Å². The fraction of sp³-hybridized carbons (Fsp3) is 0.167. The molecule has 0 saturated heterocycles. The van der Waals surface area contributed by atoms with Crippen molar-refractivity contribution < 1.29 is 13.5 Å². The molecule has 0 aliphatic heterocycles. The van der Waals surface area contributed by atoms with Crippen LogP contribution in [0.4, 0.5) is 4.39 Å². The van der Waals surface area contributed by atoms with E-state index in [0.29, 0.717) is 5.76 Å². The molecule has 0 amide bonds. The molecule has 90 valence electrons. The van der Waals surface area contributed by atoms with Gasteiger partial charge in [0.05, 0.1) is 11.3 Å². The van der Waals surface area contributed by atoms with Gasteiger partial charge >= 0.3 is 0 Å². The van der Waals surface area contributed by atoms with Crippen molar-refractivity contribution in [1.82, 2.24) is 0 Å². The molecule has 0 radical (unpaired) electrons. The van der Waals surface area contributed by atoms with Crippen LogP contribution in [0.3, 0.4) is 0 Å². The van der Waals surface area contributed by atoms with Gasteiger partial charge in [-0.2, -0.15) is 0 Å². The van der Waals surface area contributed by atoms with Gasteiger partial charge in [-0.15, -0.1) is 0 Å². The number of furan rings is 1. The lowest BCUT2D eigenvalue weighted by atomic mass is 10.2. The van der Waals surface area contributed by atoms with Gasteiger partial charge < -0.3 is 14.9 Å². The average Bonchev–Trinajstić information content (AvgIpc) is 2.85. The minimum absolute atomic E-state index is 0.0118. The normalized spacial score (nSPS) is 12.4. The van der Waals surface area contributed by atoms with Crippen LogP contribution in [0.15, 0.2) is 41.0 Å². The fourth-order valence-corrected chi connectivity index (χ4v) is 1.59. The van der Waals surface area contributed by atoms with Crippen LogP contribution in [0.1, 0.15) is 11.9 Å². The number of hydrogen-bond acceptors (Lipinski definition) is 3. The molecule has 17 heavy (non-hydrogen) atoms. The third kappa shape index (κ3) is 2.60. The highest BCUT2D eigenvalue weighted by atomic mass is 35.5. The van der Waals surface area contributed by atoms with E-state index in [2.05, 4.69) is 0 Å². The second-order valence-corrected chi connectivity index (χ2v) is 3.82. The molecule has 2 N–H and O–H groups in total. The molecular formula is C12H11ClFNO2. The SMILES string of the molecule is NCC(Oc1cccc(Cl)c1F)c1ccco1. The first kappa shape index (κ1) is 12.0. The molecule has 0 aliphatic rings. The van der Waals surface area contributed by atoms with Crippen LogP contribution < -0.4 is 10.5 Å². The highest BCUT2D eigenvalue weighted by Crippen LogP contribution is 2.28. The maximum absolute atomic E-state index is 13.6. The third-order valence-corrected chi connectivity index (χ3v) is 2.55. The molecule has 3 nitrogen and oxygen atoms in total. The molecule has 0 fully saturated rings. The summed E-state index contributed by atoms with van der Waals surface area (Å²) in [7, 11) is 0. The highest BCUT2D eigenvalue weighted by Gasteiger charge is 2.17. The maximum Gasteiger partial charge on any atom is 0.183 e. The van der Waals surface area contributed by atoms with Crippen molar-refractivity contribution in [3.05, 3.63) is 53.2 Å². The molecule has 2 rings (SSSR count). The number of hydrogen-bond donors (Lipinski definition) is 1. The Hall–Kier alpha value is -1.52. The van der Waals surface area contributed by atoms with E-state index in [4.69, 9.17) is 26.5 Å². The van der Waals surface area contributed by atoms with Gasteiger partial charge in [-0.3, -0.25) is 0 Å². The molecule has 0 aliphatic carbocycles. The van der Waals surface area contributed by atoms with Crippen LogP contribution in [0, 0.1) is 5.82 Å². The third-order valence-electron chi connectivity index (χ3n) is 2.26. The Balaban J connectivity index is 2.22. The van der Waals surface area contributed by atoms with E-state index in [1.165, 1.54) is 18.4 Å². The monoisotopic (exact) mass is 255 g/mol. The molecule has 1 aromatic carbocycles. The first-order valence-corrected chi connectivity index (χ1v) is 5.44. The van der Waals surface area contributed by atoms with E-state index >= 15 is 0 Å². The lowest BCUT2D eigenvalue weighted by Gasteiger charge is -2.15. The van der Waals surface area contributed by atoms with Gasteiger partial charge in [-0.05, 0) is 24.3 Å². The van der Waals surface area contributed by atoms with Crippen molar-refractivity contribution in [2.24, 2.45) is 5.73 Å². The fourth-order valence-electron chi connectivity index (χ4n) is 1.43. The summed E-state index contributed by atoms with van der Waals surface area (Å²) in [6.07, 6.45) is 0.980. The Morgan fingerprint density at radius 3 is 2.82 bits per heavy atom. The zero-order valence-electron chi connectivity index (χ0n) is 8.90. The van der Waals surface area contributed by atoms with Gasteiger partial charge in [0.2, 0.25) is 0 Å². The zero-order valence-corrected chi connectivity index (χ0v) is 9.65. The van der Waals surface area contributed by atoms with E-state index in [9.17, 15) is 4.39 Å². The Bertz CT molecular complexity index is 487. The minimum atomic E-state index is -0.598. The van der Waals surface area contributed by atoms with Crippen molar-refractivity contribution in [3.63, 3.8) is 0 Å². The number of halogens is 2. The molecule has 1 aromatic heterocycles. The first-order chi connectivity index (χ1) is 8.22. The van der Waals surface area contributed by atoms with Crippen molar-refractivity contribution in [2.45, 2.75) is 6.10 Å². The average molecular weight is 256 g/mol. The van der Waals surface area contributed by atoms with Crippen LogP contribution in [0.2, 0.25) is 5.02 Å². The summed E-state index contributed by atoms with van der Waals surface area (Å²) in [5.41, 5.74) is 5.56. The standard InChI is InChI=1S/C12H11ClFNO2/c13-8-3-1-4-10(12(8)14)17-11(7-15)9-5-2-6-16-9/h1-6,11H,7,15H2. The first-order valence-electron chi connectivity index (χ1n) is 5.06. The second kappa shape index (κ2) is 5.21. The molecule has 1 atom stereocenters. The minimum Gasteiger partial charge on any atom is -0.478 e. The number of ether oxygens (including phenoxy) is 1. The molecule has 0 saturated carbocycles. The van der Waals surface area contributed by atoms with Crippen molar-refractivity contribution in [2.75, 3.05) is 6.54 Å². The number of benzene rings is 1. The highest BCUT2D eigenvalue weighted by molar-refractivity contribution is 6.30. The van der Waals surface area contributed by atoms with Gasteiger partial charge in [0.25, 0.3) is 0 Å². The lowest BCUT2D eigenvalue weighted by molar-refractivity contribution is 0.176. The van der Waals surface area contributed by atoms with Crippen LogP contribution in [-0.2, 0) is 0 Å². The van der Waals surface area contributed by atoms with Crippen LogP contribution >= 0.6 is 11.6 Å². The van der Waals surface area contributed by atoms with Crippen LogP contribution in [0.25, 0.3) is 0 Å². The molecule has 5 heteroatoms. The summed E-state index contributed by atoms with van der Waals surface area (Å²) >= 11 is 5.66. The molecule has 1 unspecified atom stereocenters.